The quantitative estimate of drug-likeness (QED) is 0.411. The van der Waals surface area contributed by atoms with Crippen LogP contribution in [0.5, 0.6) is 0 Å². The number of benzene rings is 2. The molecule has 1 amide bonds. The van der Waals surface area contributed by atoms with Gasteiger partial charge < -0.3 is 4.57 Å². The van der Waals surface area contributed by atoms with Gasteiger partial charge in [0.15, 0.2) is 4.80 Å². The molecule has 0 bridgehead atoms. The molecule has 0 N–H and O–H groups in total. The Morgan fingerprint density at radius 1 is 1.12 bits per heavy atom. The first-order valence-corrected chi connectivity index (χ1v) is 12.7. The van der Waals surface area contributed by atoms with Crippen LogP contribution in [0.4, 0.5) is 5.69 Å². The van der Waals surface area contributed by atoms with Crippen molar-refractivity contribution in [2.75, 3.05) is 13.1 Å². The van der Waals surface area contributed by atoms with E-state index in [1.165, 1.54) is 52.0 Å². The molecule has 4 rings (SSSR count). The van der Waals surface area contributed by atoms with Crippen LogP contribution in [0.15, 0.2) is 52.4 Å². The number of nitro benzene ring substituents is 1. The van der Waals surface area contributed by atoms with Crippen molar-refractivity contribution in [3.8, 4) is 0 Å². The lowest BCUT2D eigenvalue weighted by molar-refractivity contribution is -0.384. The zero-order chi connectivity index (χ0) is 23.9. The summed E-state index contributed by atoms with van der Waals surface area (Å²) in [6.07, 6.45) is 1.00. The number of carbonyl (C=O) groups excluding carboxylic acids is 1. The van der Waals surface area contributed by atoms with Gasteiger partial charge in [0, 0.05) is 37.8 Å². The fraction of sp³-hybridized carbons (Fsp3) is 0.364. The van der Waals surface area contributed by atoms with Crippen molar-refractivity contribution in [2.24, 2.45) is 23.9 Å². The summed E-state index contributed by atoms with van der Waals surface area (Å²) in [4.78, 5) is 28.0. The van der Waals surface area contributed by atoms with Gasteiger partial charge in [-0.25, -0.2) is 8.42 Å². The average Bonchev–Trinajstić information content (AvgIpc) is 3.07. The van der Waals surface area contributed by atoms with E-state index < -0.39 is 20.9 Å². The van der Waals surface area contributed by atoms with E-state index in [0.29, 0.717) is 34.4 Å². The minimum absolute atomic E-state index is 0.0310. The summed E-state index contributed by atoms with van der Waals surface area (Å²) >= 11 is 1.17. The second-order valence-corrected chi connectivity index (χ2v) is 11.5. The Kier molecular flexibility index (Phi) is 6.21. The lowest BCUT2D eigenvalue weighted by atomic mass is 9.94. The van der Waals surface area contributed by atoms with Gasteiger partial charge in [0.1, 0.15) is 0 Å². The predicted octanol–water partition coefficient (Wildman–Crippen LogP) is 3.56. The molecule has 33 heavy (non-hydrogen) atoms. The SMILES string of the molecule is CC1CC(C)CN(S(=O)(=O)c2ccc(C(=O)N=c3sc4cc([N+](=O)[O-])ccc4n3C)cc2)C1. The molecule has 0 saturated carbocycles. The Bertz CT molecular complexity index is 1400. The lowest BCUT2D eigenvalue weighted by Gasteiger charge is -2.34. The van der Waals surface area contributed by atoms with Gasteiger partial charge in [0.2, 0.25) is 10.0 Å². The van der Waals surface area contributed by atoms with Crippen molar-refractivity contribution in [1.29, 1.82) is 0 Å². The number of fused-ring (bicyclic) bond motifs is 1. The predicted molar refractivity (Wildman–Crippen MR) is 125 cm³/mol. The first-order valence-electron chi connectivity index (χ1n) is 10.5. The number of hydrogen-bond donors (Lipinski definition) is 0. The van der Waals surface area contributed by atoms with Crippen LogP contribution in [0, 0.1) is 22.0 Å². The van der Waals surface area contributed by atoms with Crippen LogP contribution in [0.1, 0.15) is 30.6 Å². The molecule has 2 heterocycles. The van der Waals surface area contributed by atoms with Crippen molar-refractivity contribution >= 4 is 43.2 Å². The van der Waals surface area contributed by atoms with Gasteiger partial charge in [-0.05, 0) is 48.6 Å². The van der Waals surface area contributed by atoms with Crippen LogP contribution in [0.25, 0.3) is 10.2 Å². The third-order valence-corrected chi connectivity index (χ3v) is 8.72. The number of nitrogens with zero attached hydrogens (tertiary/aromatic N) is 4. The molecule has 3 aromatic rings. The number of carbonyl (C=O) groups is 1. The van der Waals surface area contributed by atoms with E-state index in [2.05, 4.69) is 4.99 Å². The fourth-order valence-electron chi connectivity index (χ4n) is 4.21. The molecule has 1 fully saturated rings. The zero-order valence-corrected chi connectivity index (χ0v) is 20.1. The number of aromatic nitrogens is 1. The summed E-state index contributed by atoms with van der Waals surface area (Å²) in [6, 6.07) is 10.3. The Morgan fingerprint density at radius 3 is 2.36 bits per heavy atom. The topological polar surface area (TPSA) is 115 Å². The number of hydrogen-bond acceptors (Lipinski definition) is 6. The van der Waals surface area contributed by atoms with Gasteiger partial charge in [0.25, 0.3) is 11.6 Å². The first kappa shape index (κ1) is 23.3. The third-order valence-electron chi connectivity index (χ3n) is 5.78. The van der Waals surface area contributed by atoms with Crippen molar-refractivity contribution in [3.63, 3.8) is 0 Å². The summed E-state index contributed by atoms with van der Waals surface area (Å²) in [6.45, 7) is 5.08. The standard InChI is InChI=1S/C22H24N4O5S2/c1-14-10-15(2)13-25(12-14)33(30,31)18-7-4-16(5-8-18)21(27)23-22-24(3)19-9-6-17(26(28)29)11-20(19)32-22/h4-9,11,14-15H,10,12-13H2,1-3H3. The van der Waals surface area contributed by atoms with Crippen LogP contribution in [-0.4, -0.2) is 41.2 Å². The monoisotopic (exact) mass is 488 g/mol. The van der Waals surface area contributed by atoms with Crippen LogP contribution in [0.3, 0.4) is 0 Å². The van der Waals surface area contributed by atoms with Crippen LogP contribution in [-0.2, 0) is 17.1 Å². The minimum atomic E-state index is -3.63. The van der Waals surface area contributed by atoms with Crippen molar-refractivity contribution in [3.05, 3.63) is 62.9 Å². The maximum absolute atomic E-state index is 13.0. The molecular formula is C22H24N4O5S2. The maximum Gasteiger partial charge on any atom is 0.279 e. The Labute approximate surface area is 195 Å². The highest BCUT2D eigenvalue weighted by Crippen LogP contribution is 2.27. The van der Waals surface area contributed by atoms with E-state index in [-0.39, 0.29) is 16.1 Å². The number of piperidine rings is 1. The zero-order valence-electron chi connectivity index (χ0n) is 18.5. The highest BCUT2D eigenvalue weighted by molar-refractivity contribution is 7.89. The molecule has 0 spiro atoms. The summed E-state index contributed by atoms with van der Waals surface area (Å²) < 4.78 is 29.9. The Morgan fingerprint density at radius 2 is 1.76 bits per heavy atom. The van der Waals surface area contributed by atoms with Crippen molar-refractivity contribution in [1.82, 2.24) is 8.87 Å². The Balaban J connectivity index is 1.61. The fourth-order valence-corrected chi connectivity index (χ4v) is 6.94. The molecule has 1 aromatic heterocycles. The molecule has 2 unspecified atom stereocenters. The van der Waals surface area contributed by atoms with E-state index in [9.17, 15) is 23.3 Å². The summed E-state index contributed by atoms with van der Waals surface area (Å²) in [5, 5.41) is 11.0. The van der Waals surface area contributed by atoms with Gasteiger partial charge in [-0.3, -0.25) is 14.9 Å². The van der Waals surface area contributed by atoms with E-state index in [1.54, 1.807) is 17.7 Å². The lowest BCUT2D eigenvalue weighted by Crippen LogP contribution is -2.42. The molecule has 1 aliphatic rings. The van der Waals surface area contributed by atoms with E-state index >= 15 is 0 Å². The summed E-state index contributed by atoms with van der Waals surface area (Å²) in [5.74, 6) is 0.0779. The molecule has 0 radical (unpaired) electrons. The van der Waals surface area contributed by atoms with Gasteiger partial charge in [0.05, 0.1) is 20.0 Å². The highest BCUT2D eigenvalue weighted by atomic mass is 32.2. The number of nitro groups is 1. The number of non-ortho nitro benzene ring substituents is 1. The smallest absolute Gasteiger partial charge is 0.279 e. The summed E-state index contributed by atoms with van der Waals surface area (Å²) in [5.41, 5.74) is 0.956. The van der Waals surface area contributed by atoms with Gasteiger partial charge in [-0.2, -0.15) is 9.30 Å². The normalized spacial score (nSPS) is 20.3. The van der Waals surface area contributed by atoms with Gasteiger partial charge >= 0.3 is 0 Å². The number of aryl methyl sites for hydroxylation is 1. The van der Waals surface area contributed by atoms with Crippen LogP contribution < -0.4 is 4.80 Å². The number of thiazole rings is 1. The number of sulfonamides is 1. The van der Waals surface area contributed by atoms with Crippen molar-refractivity contribution in [2.45, 2.75) is 25.2 Å². The molecule has 1 saturated heterocycles. The number of rotatable bonds is 4. The molecule has 0 aliphatic carbocycles. The van der Waals surface area contributed by atoms with E-state index in [1.807, 2.05) is 13.8 Å². The van der Waals surface area contributed by atoms with E-state index in [4.69, 9.17) is 0 Å². The second-order valence-electron chi connectivity index (χ2n) is 8.56. The average molecular weight is 489 g/mol. The molecule has 1 aliphatic heterocycles. The molecule has 2 aromatic carbocycles. The van der Waals surface area contributed by atoms with Crippen LogP contribution in [0.2, 0.25) is 0 Å². The minimum Gasteiger partial charge on any atom is -0.319 e. The van der Waals surface area contributed by atoms with Crippen molar-refractivity contribution < 1.29 is 18.1 Å². The third kappa shape index (κ3) is 4.61. The molecule has 174 valence electrons. The molecule has 9 nitrogen and oxygen atoms in total. The summed E-state index contributed by atoms with van der Waals surface area (Å²) in [7, 11) is -1.90. The first-order chi connectivity index (χ1) is 15.6. The highest BCUT2D eigenvalue weighted by Gasteiger charge is 2.31. The molecule has 2 atom stereocenters. The number of amides is 1. The molecular weight excluding hydrogens is 464 g/mol. The van der Waals surface area contributed by atoms with Crippen LogP contribution >= 0.6 is 11.3 Å². The maximum atomic E-state index is 13.0. The van der Waals surface area contributed by atoms with Gasteiger partial charge in [-0.1, -0.05) is 25.2 Å². The molecule has 11 heteroatoms. The van der Waals surface area contributed by atoms with Gasteiger partial charge in [-0.15, -0.1) is 0 Å². The van der Waals surface area contributed by atoms with E-state index in [0.717, 1.165) is 11.9 Å². The largest absolute Gasteiger partial charge is 0.319 e. The Hall–Kier alpha value is -2.89. The second kappa shape index (κ2) is 8.81.